The highest BCUT2D eigenvalue weighted by Gasteiger charge is 2.21. The molecule has 1 saturated heterocycles. The monoisotopic (exact) mass is 440 g/mol. The van der Waals surface area contributed by atoms with E-state index in [-0.39, 0.29) is 29.6 Å². The molecule has 1 unspecified atom stereocenters. The Kier molecular flexibility index (Phi) is 11.4. The lowest BCUT2D eigenvalue weighted by molar-refractivity contribution is 0.0268. The molecule has 0 aromatic heterocycles. The summed E-state index contributed by atoms with van der Waals surface area (Å²) < 4.78 is 5.43. The number of hydrogen-bond donors (Lipinski definition) is 2. The van der Waals surface area contributed by atoms with Gasteiger partial charge in [-0.05, 0) is 45.1 Å². The summed E-state index contributed by atoms with van der Waals surface area (Å²) in [4.78, 5) is 6.90. The second kappa shape index (κ2) is 11.5. The first kappa shape index (κ1) is 22.9. The molecule has 1 fully saturated rings. The topological polar surface area (TPSA) is 48.9 Å². The minimum Gasteiger partial charge on any atom is -0.377 e. The zero-order valence-corrected chi connectivity index (χ0v) is 18.1. The number of rotatable bonds is 7. The van der Waals surface area contributed by atoms with Gasteiger partial charge in [0.2, 0.25) is 0 Å². The van der Waals surface area contributed by atoms with E-state index in [0.717, 1.165) is 25.0 Å². The number of guanidine groups is 1. The van der Waals surface area contributed by atoms with Crippen molar-refractivity contribution in [1.29, 1.82) is 0 Å². The van der Waals surface area contributed by atoms with E-state index in [0.29, 0.717) is 5.92 Å². The number of nitrogens with zero attached hydrogens (tertiary/aromatic N) is 2. The van der Waals surface area contributed by atoms with Gasteiger partial charge in [0.25, 0.3) is 0 Å². The first-order valence-electron chi connectivity index (χ1n) is 8.58. The Morgan fingerprint density at radius 1 is 1.35 bits per heavy atom. The van der Waals surface area contributed by atoms with Crippen molar-refractivity contribution < 1.29 is 4.74 Å². The van der Waals surface area contributed by atoms with Crippen LogP contribution in [0.2, 0.25) is 0 Å². The fourth-order valence-corrected chi connectivity index (χ4v) is 2.83. The first-order valence-corrected chi connectivity index (χ1v) is 8.58. The fraction of sp³-hybridized carbons (Fsp3) is 0.941. The van der Waals surface area contributed by atoms with Crippen LogP contribution >= 0.6 is 24.0 Å². The normalized spacial score (nSPS) is 20.3. The summed E-state index contributed by atoms with van der Waals surface area (Å²) >= 11 is 0. The number of methoxy groups -OCH3 is 1. The highest BCUT2D eigenvalue weighted by molar-refractivity contribution is 14.0. The molecule has 2 N–H and O–H groups in total. The lowest BCUT2D eigenvalue weighted by atomic mass is 9.97. The van der Waals surface area contributed by atoms with E-state index in [2.05, 4.69) is 48.2 Å². The summed E-state index contributed by atoms with van der Waals surface area (Å²) in [6.45, 7) is 14.1. The fourth-order valence-electron chi connectivity index (χ4n) is 2.83. The molecular weight excluding hydrogens is 403 g/mol. The van der Waals surface area contributed by atoms with Gasteiger partial charge < -0.3 is 20.3 Å². The van der Waals surface area contributed by atoms with Crippen molar-refractivity contribution in [2.45, 2.75) is 46.1 Å². The van der Waals surface area contributed by atoms with Crippen LogP contribution in [-0.2, 0) is 4.74 Å². The van der Waals surface area contributed by atoms with Gasteiger partial charge in [-0.25, -0.2) is 0 Å². The van der Waals surface area contributed by atoms with Gasteiger partial charge in [-0.3, -0.25) is 4.99 Å². The van der Waals surface area contributed by atoms with Gasteiger partial charge in [0.1, 0.15) is 0 Å². The van der Waals surface area contributed by atoms with Gasteiger partial charge in [-0.2, -0.15) is 0 Å². The molecule has 5 nitrogen and oxygen atoms in total. The highest BCUT2D eigenvalue weighted by atomic mass is 127. The maximum atomic E-state index is 5.43. The lowest BCUT2D eigenvalue weighted by Crippen LogP contribution is -2.48. The summed E-state index contributed by atoms with van der Waals surface area (Å²) in [6, 6.07) is 0. The largest absolute Gasteiger partial charge is 0.377 e. The first-order chi connectivity index (χ1) is 10.4. The van der Waals surface area contributed by atoms with Crippen molar-refractivity contribution in [1.82, 2.24) is 15.5 Å². The Morgan fingerprint density at radius 3 is 2.61 bits per heavy atom. The van der Waals surface area contributed by atoms with Gasteiger partial charge in [0.05, 0.1) is 5.60 Å². The lowest BCUT2D eigenvalue weighted by Gasteiger charge is -2.34. The molecular formula is C17H37IN4O. The molecule has 1 aliphatic heterocycles. The average molecular weight is 440 g/mol. The van der Waals surface area contributed by atoms with E-state index >= 15 is 0 Å². The van der Waals surface area contributed by atoms with Crippen molar-refractivity contribution in [3.63, 3.8) is 0 Å². The Labute approximate surface area is 160 Å². The minimum atomic E-state index is -0.184. The number of nitrogens with one attached hydrogen (secondary N) is 2. The molecule has 0 aromatic rings. The molecule has 0 aliphatic carbocycles. The molecule has 0 radical (unpaired) electrons. The van der Waals surface area contributed by atoms with E-state index in [1.807, 2.05) is 7.05 Å². The molecule has 0 spiro atoms. The molecule has 1 atom stereocenters. The molecule has 1 rings (SSSR count). The van der Waals surface area contributed by atoms with Gasteiger partial charge in [0, 0.05) is 40.3 Å². The van der Waals surface area contributed by atoms with E-state index < -0.39 is 0 Å². The van der Waals surface area contributed by atoms with Crippen LogP contribution in [0.25, 0.3) is 0 Å². The number of piperidine rings is 1. The van der Waals surface area contributed by atoms with Crippen molar-refractivity contribution in [3.05, 3.63) is 0 Å². The van der Waals surface area contributed by atoms with Crippen LogP contribution in [0.5, 0.6) is 0 Å². The van der Waals surface area contributed by atoms with Gasteiger partial charge >= 0.3 is 0 Å². The number of hydrogen-bond acceptors (Lipinski definition) is 3. The summed E-state index contributed by atoms with van der Waals surface area (Å²) in [5, 5.41) is 6.81. The van der Waals surface area contributed by atoms with Crippen molar-refractivity contribution in [3.8, 4) is 0 Å². The summed E-state index contributed by atoms with van der Waals surface area (Å²) in [6.07, 6.45) is 2.62. The quantitative estimate of drug-likeness (QED) is 0.363. The molecule has 1 aliphatic rings. The molecule has 0 amide bonds. The third-order valence-corrected chi connectivity index (χ3v) is 4.24. The zero-order chi connectivity index (χ0) is 16.6. The number of halogens is 1. The molecule has 138 valence electrons. The zero-order valence-electron chi connectivity index (χ0n) is 15.8. The van der Waals surface area contributed by atoms with Crippen LogP contribution < -0.4 is 10.6 Å². The maximum absolute atomic E-state index is 5.43. The van der Waals surface area contributed by atoms with E-state index in [1.165, 1.54) is 32.5 Å². The molecule has 0 aromatic carbocycles. The molecule has 0 bridgehead atoms. The standard InChI is InChI=1S/C17H36N4O.HI/c1-14(2)11-21-9-7-8-15(12-21)10-19-16(18-5)20-13-17(3,4)22-6;/h14-15H,7-13H2,1-6H3,(H2,18,19,20);1H. The third-order valence-electron chi connectivity index (χ3n) is 4.24. The van der Waals surface area contributed by atoms with Gasteiger partial charge in [-0.1, -0.05) is 13.8 Å². The van der Waals surface area contributed by atoms with Crippen molar-refractivity contribution >= 4 is 29.9 Å². The maximum Gasteiger partial charge on any atom is 0.191 e. The molecule has 1 heterocycles. The minimum absolute atomic E-state index is 0. The number of likely N-dealkylation sites (tertiary alicyclic amines) is 1. The van der Waals surface area contributed by atoms with Crippen LogP contribution in [0.3, 0.4) is 0 Å². The Bertz CT molecular complexity index is 347. The Morgan fingerprint density at radius 2 is 2.04 bits per heavy atom. The Hall–Kier alpha value is -0.0800. The predicted octanol–water partition coefficient (Wildman–Crippen LogP) is 2.56. The van der Waals surface area contributed by atoms with E-state index in [4.69, 9.17) is 4.74 Å². The number of ether oxygens (including phenoxy) is 1. The van der Waals surface area contributed by atoms with Crippen LogP contribution in [0.15, 0.2) is 4.99 Å². The Balaban J connectivity index is 0.00000484. The SMILES string of the molecule is CN=C(NCC1CCCN(CC(C)C)C1)NCC(C)(C)OC.I. The van der Waals surface area contributed by atoms with Crippen LogP contribution in [0.4, 0.5) is 0 Å². The van der Waals surface area contributed by atoms with Crippen LogP contribution in [0, 0.1) is 11.8 Å². The van der Waals surface area contributed by atoms with Crippen LogP contribution in [0.1, 0.15) is 40.5 Å². The van der Waals surface area contributed by atoms with Gasteiger partial charge in [-0.15, -0.1) is 24.0 Å². The predicted molar refractivity (Wildman–Crippen MR) is 110 cm³/mol. The summed E-state index contributed by atoms with van der Waals surface area (Å²) in [5.41, 5.74) is -0.184. The van der Waals surface area contributed by atoms with Crippen LogP contribution in [-0.4, -0.2) is 63.3 Å². The summed E-state index contributed by atoms with van der Waals surface area (Å²) in [7, 11) is 3.56. The average Bonchev–Trinajstić information content (AvgIpc) is 2.47. The van der Waals surface area contributed by atoms with Crippen molar-refractivity contribution in [2.75, 3.05) is 46.9 Å². The third kappa shape index (κ3) is 9.72. The smallest absolute Gasteiger partial charge is 0.191 e. The molecule has 23 heavy (non-hydrogen) atoms. The number of aliphatic imine (C=N–C) groups is 1. The molecule has 0 saturated carbocycles. The van der Waals surface area contributed by atoms with E-state index in [9.17, 15) is 0 Å². The second-order valence-electron chi connectivity index (χ2n) is 7.43. The molecule has 6 heteroatoms. The highest BCUT2D eigenvalue weighted by Crippen LogP contribution is 2.16. The van der Waals surface area contributed by atoms with Crippen molar-refractivity contribution in [2.24, 2.45) is 16.8 Å². The van der Waals surface area contributed by atoms with E-state index in [1.54, 1.807) is 7.11 Å². The van der Waals surface area contributed by atoms with Gasteiger partial charge in [0.15, 0.2) is 5.96 Å². The summed E-state index contributed by atoms with van der Waals surface area (Å²) in [5.74, 6) is 2.32. The second-order valence-corrected chi connectivity index (χ2v) is 7.43.